The molecule has 2 rings (SSSR count). The van der Waals surface area contributed by atoms with Crippen molar-refractivity contribution in [2.75, 3.05) is 12.3 Å². The highest BCUT2D eigenvalue weighted by Crippen LogP contribution is 2.32. The molecule has 1 fully saturated rings. The van der Waals surface area contributed by atoms with Gasteiger partial charge in [0.1, 0.15) is 11.6 Å². The van der Waals surface area contributed by atoms with Crippen molar-refractivity contribution in [3.63, 3.8) is 0 Å². The van der Waals surface area contributed by atoms with Crippen molar-refractivity contribution in [2.45, 2.75) is 12.8 Å². The number of hydrogen-bond donors (Lipinski definition) is 1. The van der Waals surface area contributed by atoms with Gasteiger partial charge >= 0.3 is 0 Å². The van der Waals surface area contributed by atoms with E-state index in [2.05, 4.69) is 0 Å². The highest BCUT2D eigenvalue weighted by Gasteiger charge is 2.22. The maximum absolute atomic E-state index is 13.2. The van der Waals surface area contributed by atoms with E-state index in [4.69, 9.17) is 10.5 Å². The maximum atomic E-state index is 13.2. The van der Waals surface area contributed by atoms with Crippen LogP contribution in [0.3, 0.4) is 0 Å². The molecule has 4 heteroatoms. The van der Waals surface area contributed by atoms with E-state index in [0.717, 1.165) is 0 Å². The molecule has 76 valence electrons. The molecule has 2 nitrogen and oxygen atoms in total. The first-order chi connectivity index (χ1) is 6.66. The van der Waals surface area contributed by atoms with Gasteiger partial charge < -0.3 is 10.5 Å². The normalized spacial score (nSPS) is 15.6. The molecule has 14 heavy (non-hydrogen) atoms. The first-order valence-corrected chi connectivity index (χ1v) is 5.62. The lowest BCUT2D eigenvalue weighted by molar-refractivity contribution is 0.300. The molecule has 0 atom stereocenters. The molecular weight excluding hydrogens is 296 g/mol. The van der Waals surface area contributed by atoms with E-state index in [1.165, 1.54) is 18.9 Å². The van der Waals surface area contributed by atoms with Gasteiger partial charge in [0.2, 0.25) is 0 Å². The quantitative estimate of drug-likeness (QED) is 0.688. The zero-order valence-electron chi connectivity index (χ0n) is 7.59. The summed E-state index contributed by atoms with van der Waals surface area (Å²) in [5.74, 6) is 0.845. The Hall–Kier alpha value is -0.520. The SMILES string of the molecule is Nc1cc(I)c(F)cc1OCC1CC1. The van der Waals surface area contributed by atoms with Crippen LogP contribution in [-0.4, -0.2) is 6.61 Å². The van der Waals surface area contributed by atoms with Gasteiger partial charge in [0.05, 0.1) is 15.9 Å². The van der Waals surface area contributed by atoms with Crippen LogP contribution in [-0.2, 0) is 0 Å². The van der Waals surface area contributed by atoms with Crippen molar-refractivity contribution in [2.24, 2.45) is 5.92 Å². The number of ether oxygens (including phenoxy) is 1. The van der Waals surface area contributed by atoms with E-state index < -0.39 is 0 Å². The van der Waals surface area contributed by atoms with Crippen LogP contribution >= 0.6 is 22.6 Å². The van der Waals surface area contributed by atoms with Gasteiger partial charge in [-0.05, 0) is 47.4 Å². The Morgan fingerprint density at radius 3 is 2.86 bits per heavy atom. The smallest absolute Gasteiger partial charge is 0.145 e. The van der Waals surface area contributed by atoms with Gasteiger partial charge in [-0.1, -0.05) is 0 Å². The van der Waals surface area contributed by atoms with Crippen LogP contribution in [0, 0.1) is 15.3 Å². The van der Waals surface area contributed by atoms with Gasteiger partial charge in [0.25, 0.3) is 0 Å². The molecule has 1 aliphatic rings. The second kappa shape index (κ2) is 3.92. The first-order valence-electron chi connectivity index (χ1n) is 4.54. The Labute approximate surface area is 95.8 Å². The summed E-state index contributed by atoms with van der Waals surface area (Å²) < 4.78 is 19.1. The zero-order valence-corrected chi connectivity index (χ0v) is 9.75. The first kappa shape index (κ1) is 10.0. The lowest BCUT2D eigenvalue weighted by atomic mass is 10.3. The zero-order chi connectivity index (χ0) is 10.1. The fraction of sp³-hybridized carbons (Fsp3) is 0.400. The van der Waals surface area contributed by atoms with Gasteiger partial charge in [-0.3, -0.25) is 0 Å². The van der Waals surface area contributed by atoms with Crippen molar-refractivity contribution in [1.29, 1.82) is 0 Å². The number of nitrogens with two attached hydrogens (primary N) is 1. The van der Waals surface area contributed by atoms with E-state index in [9.17, 15) is 4.39 Å². The predicted molar refractivity (Wildman–Crippen MR) is 61.7 cm³/mol. The minimum Gasteiger partial charge on any atom is -0.491 e. The fourth-order valence-electron chi connectivity index (χ4n) is 1.16. The summed E-state index contributed by atoms with van der Waals surface area (Å²) in [4.78, 5) is 0. The molecule has 0 aliphatic heterocycles. The molecule has 1 aliphatic carbocycles. The van der Waals surface area contributed by atoms with Gasteiger partial charge in [0.15, 0.2) is 0 Å². The standard InChI is InChI=1S/C10H11FINO/c11-7-3-10(9(13)4-8(7)12)14-5-6-1-2-6/h3-4,6H,1-2,5,13H2. The Morgan fingerprint density at radius 1 is 1.50 bits per heavy atom. The van der Waals surface area contributed by atoms with E-state index in [0.29, 0.717) is 27.5 Å². The fourth-order valence-corrected chi connectivity index (χ4v) is 1.65. The van der Waals surface area contributed by atoms with Gasteiger partial charge in [-0.2, -0.15) is 0 Å². The molecule has 0 spiro atoms. The predicted octanol–water partition coefficient (Wildman–Crippen LogP) is 2.80. The van der Waals surface area contributed by atoms with Crippen molar-refractivity contribution in [3.05, 3.63) is 21.5 Å². The summed E-state index contributed by atoms with van der Waals surface area (Å²) in [6.07, 6.45) is 2.43. The maximum Gasteiger partial charge on any atom is 0.145 e. The van der Waals surface area contributed by atoms with Crippen LogP contribution in [0.4, 0.5) is 10.1 Å². The van der Waals surface area contributed by atoms with Gasteiger partial charge in [-0.15, -0.1) is 0 Å². The lowest BCUT2D eigenvalue weighted by Gasteiger charge is -2.08. The topological polar surface area (TPSA) is 35.2 Å². The summed E-state index contributed by atoms with van der Waals surface area (Å²) in [6.45, 7) is 0.657. The summed E-state index contributed by atoms with van der Waals surface area (Å²) in [5, 5.41) is 0. The van der Waals surface area contributed by atoms with E-state index in [-0.39, 0.29) is 5.82 Å². The lowest BCUT2D eigenvalue weighted by Crippen LogP contribution is -2.02. The Kier molecular flexibility index (Phi) is 2.80. The number of anilines is 1. The number of hydrogen-bond acceptors (Lipinski definition) is 2. The average molecular weight is 307 g/mol. The van der Waals surface area contributed by atoms with Crippen molar-refractivity contribution in [3.8, 4) is 5.75 Å². The molecule has 0 saturated heterocycles. The molecule has 0 amide bonds. The van der Waals surface area contributed by atoms with E-state index in [1.54, 1.807) is 6.07 Å². The van der Waals surface area contributed by atoms with Crippen LogP contribution < -0.4 is 10.5 Å². The molecule has 2 N–H and O–H groups in total. The van der Waals surface area contributed by atoms with Crippen LogP contribution in [0.2, 0.25) is 0 Å². The molecule has 0 heterocycles. The highest BCUT2D eigenvalue weighted by atomic mass is 127. The minimum atomic E-state index is -0.273. The van der Waals surface area contributed by atoms with Crippen LogP contribution in [0.5, 0.6) is 5.75 Å². The third-order valence-electron chi connectivity index (χ3n) is 2.22. The van der Waals surface area contributed by atoms with E-state index >= 15 is 0 Å². The van der Waals surface area contributed by atoms with Crippen molar-refractivity contribution in [1.82, 2.24) is 0 Å². The monoisotopic (exact) mass is 307 g/mol. The van der Waals surface area contributed by atoms with E-state index in [1.807, 2.05) is 22.6 Å². The molecule has 1 aromatic rings. The number of benzene rings is 1. The van der Waals surface area contributed by atoms with Gasteiger partial charge in [-0.25, -0.2) is 4.39 Å². The Bertz CT molecular complexity index is 352. The van der Waals surface area contributed by atoms with Gasteiger partial charge in [0, 0.05) is 6.07 Å². The second-order valence-corrected chi connectivity index (χ2v) is 4.72. The Morgan fingerprint density at radius 2 is 2.21 bits per heavy atom. The highest BCUT2D eigenvalue weighted by molar-refractivity contribution is 14.1. The second-order valence-electron chi connectivity index (χ2n) is 3.56. The summed E-state index contributed by atoms with van der Waals surface area (Å²) in [7, 11) is 0. The Balaban J connectivity index is 2.10. The molecule has 0 bridgehead atoms. The molecular formula is C10H11FINO. The summed E-state index contributed by atoms with van der Waals surface area (Å²) in [6, 6.07) is 2.96. The summed E-state index contributed by atoms with van der Waals surface area (Å²) >= 11 is 1.91. The van der Waals surface area contributed by atoms with Crippen LogP contribution in [0.25, 0.3) is 0 Å². The van der Waals surface area contributed by atoms with Crippen molar-refractivity contribution >= 4 is 28.3 Å². The number of halogens is 2. The molecule has 0 radical (unpaired) electrons. The summed E-state index contributed by atoms with van der Waals surface area (Å²) in [5.41, 5.74) is 6.21. The average Bonchev–Trinajstić information content (AvgIpc) is 2.92. The molecule has 1 aromatic carbocycles. The molecule has 1 saturated carbocycles. The van der Waals surface area contributed by atoms with Crippen molar-refractivity contribution < 1.29 is 9.13 Å². The third kappa shape index (κ3) is 2.29. The third-order valence-corrected chi connectivity index (χ3v) is 3.05. The molecule has 0 unspecified atom stereocenters. The number of nitrogen functional groups attached to an aromatic ring is 1. The number of rotatable bonds is 3. The minimum absolute atomic E-state index is 0.273. The molecule has 0 aromatic heterocycles. The van der Waals surface area contributed by atoms with Crippen LogP contribution in [0.15, 0.2) is 12.1 Å². The largest absolute Gasteiger partial charge is 0.491 e. The van der Waals surface area contributed by atoms with Crippen LogP contribution in [0.1, 0.15) is 12.8 Å².